The minimum absolute atomic E-state index is 0.0662. The van der Waals surface area contributed by atoms with E-state index < -0.39 is 24.3 Å². The molecule has 3 aromatic rings. The monoisotopic (exact) mass is 506 g/mol. The fourth-order valence-corrected chi connectivity index (χ4v) is 4.54. The number of likely N-dealkylation sites (tertiary alicyclic amines) is 1. The molecule has 0 unspecified atom stereocenters. The zero-order chi connectivity index (χ0) is 25.9. The van der Waals surface area contributed by atoms with Crippen LogP contribution in [0.4, 0.5) is 14.9 Å². The van der Waals surface area contributed by atoms with E-state index in [1.807, 2.05) is 36.4 Å². The number of nitrogens with zero attached hydrogens (tertiary/aromatic N) is 2. The van der Waals surface area contributed by atoms with Gasteiger partial charge in [-0.25, -0.2) is 9.18 Å². The second kappa shape index (κ2) is 10.6. The smallest absolute Gasteiger partial charge is 0.324 e. The predicted octanol–water partition coefficient (Wildman–Crippen LogP) is 3.98. The van der Waals surface area contributed by atoms with Gasteiger partial charge in [-0.15, -0.1) is 0 Å². The van der Waals surface area contributed by atoms with Gasteiger partial charge in [-0.05, 0) is 54.3 Å². The summed E-state index contributed by atoms with van der Waals surface area (Å²) in [7, 11) is 0. The number of carbonyl (C=O) groups is 2. The van der Waals surface area contributed by atoms with Crippen molar-refractivity contribution in [3.05, 3.63) is 77.6 Å². The number of rotatable bonds is 6. The number of piperidine rings is 1. The number of Topliss-reactive ketones (excluding diaryl/α,β-unsaturated/α-hetero) is 1. The average molecular weight is 507 g/mol. The molecule has 8 nitrogen and oxygen atoms in total. The van der Waals surface area contributed by atoms with Crippen LogP contribution in [0.25, 0.3) is 11.1 Å². The van der Waals surface area contributed by atoms with Gasteiger partial charge in [-0.3, -0.25) is 9.69 Å². The van der Waals surface area contributed by atoms with Crippen LogP contribution < -0.4 is 14.4 Å². The number of urea groups is 1. The Kier molecular flexibility index (Phi) is 7.07. The van der Waals surface area contributed by atoms with Crippen LogP contribution in [0.3, 0.4) is 0 Å². The summed E-state index contributed by atoms with van der Waals surface area (Å²) in [6, 6.07) is 16.7. The van der Waals surface area contributed by atoms with Gasteiger partial charge in [-0.1, -0.05) is 30.3 Å². The highest BCUT2D eigenvalue weighted by molar-refractivity contribution is 5.97. The fraction of sp³-hybridized carbons (Fsp3) is 0.286. The van der Waals surface area contributed by atoms with Crippen LogP contribution in [0, 0.1) is 5.82 Å². The molecule has 2 aliphatic rings. The van der Waals surface area contributed by atoms with Crippen molar-refractivity contribution in [1.29, 1.82) is 0 Å². The number of anilines is 1. The summed E-state index contributed by atoms with van der Waals surface area (Å²) in [6.07, 6.45) is 0.507. The zero-order valence-electron chi connectivity index (χ0n) is 20.1. The summed E-state index contributed by atoms with van der Waals surface area (Å²) in [5, 5.41) is 19.0. The highest BCUT2D eigenvalue weighted by Gasteiger charge is 2.28. The maximum absolute atomic E-state index is 15.0. The average Bonchev–Trinajstić information content (AvgIpc) is 3.40. The standard InChI is InChI=1S/C28H27FN2O6/c29-24-13-20(25(34)16-32)4-5-21(24)15-31(28(35)30-10-8-23(33)9-11-30)22-3-1-2-18(12-22)19-6-7-26-27(14-19)37-17-36-26/h1-7,12-14,23,32-33H,8-11,15-17H2. The highest BCUT2D eigenvalue weighted by Crippen LogP contribution is 2.37. The zero-order valence-corrected chi connectivity index (χ0v) is 20.1. The summed E-state index contributed by atoms with van der Waals surface area (Å²) in [4.78, 5) is 28.6. The SMILES string of the molecule is O=C(CO)c1ccc(CN(C(=O)N2CCC(O)CC2)c2cccc(-c3ccc4c(c3)OCO4)c2)c(F)c1. The molecule has 0 radical (unpaired) electrons. The number of fused-ring (bicyclic) bond motifs is 1. The largest absolute Gasteiger partial charge is 0.454 e. The lowest BCUT2D eigenvalue weighted by Gasteiger charge is -2.35. The second-order valence-corrected chi connectivity index (χ2v) is 9.09. The van der Waals surface area contributed by atoms with Crippen LogP contribution >= 0.6 is 0 Å². The third-order valence-corrected chi connectivity index (χ3v) is 6.68. The first-order chi connectivity index (χ1) is 17.9. The third kappa shape index (κ3) is 5.28. The molecule has 192 valence electrons. The highest BCUT2D eigenvalue weighted by atomic mass is 19.1. The minimum Gasteiger partial charge on any atom is -0.454 e. The molecule has 5 rings (SSSR count). The topological polar surface area (TPSA) is 99.5 Å². The lowest BCUT2D eigenvalue weighted by Crippen LogP contribution is -2.47. The molecule has 2 aliphatic heterocycles. The van der Waals surface area contributed by atoms with Crippen molar-refractivity contribution in [1.82, 2.24) is 4.90 Å². The Morgan fingerprint density at radius 2 is 1.73 bits per heavy atom. The van der Waals surface area contributed by atoms with Crippen molar-refractivity contribution in [2.45, 2.75) is 25.5 Å². The summed E-state index contributed by atoms with van der Waals surface area (Å²) >= 11 is 0. The number of hydrogen-bond donors (Lipinski definition) is 2. The molecule has 3 aromatic carbocycles. The molecule has 0 aromatic heterocycles. The Labute approximate surface area is 213 Å². The quantitative estimate of drug-likeness (QED) is 0.491. The van der Waals surface area contributed by atoms with Crippen molar-refractivity contribution in [2.75, 3.05) is 31.4 Å². The summed E-state index contributed by atoms with van der Waals surface area (Å²) in [6.45, 7) is 0.175. The van der Waals surface area contributed by atoms with Gasteiger partial charge in [0.05, 0.1) is 12.6 Å². The molecule has 2 amide bonds. The third-order valence-electron chi connectivity index (χ3n) is 6.68. The van der Waals surface area contributed by atoms with Crippen molar-refractivity contribution in [2.24, 2.45) is 0 Å². The Morgan fingerprint density at radius 1 is 0.973 bits per heavy atom. The van der Waals surface area contributed by atoms with Crippen LogP contribution in [0.5, 0.6) is 11.5 Å². The van der Waals surface area contributed by atoms with Gasteiger partial charge in [0.2, 0.25) is 6.79 Å². The Bertz CT molecular complexity index is 1320. The number of amides is 2. The molecule has 2 N–H and O–H groups in total. The number of ether oxygens (including phenoxy) is 2. The number of carbonyl (C=O) groups excluding carboxylic acids is 2. The Balaban J connectivity index is 1.48. The van der Waals surface area contributed by atoms with Gasteiger partial charge in [0.15, 0.2) is 17.3 Å². The Hall–Kier alpha value is -3.95. The van der Waals surface area contributed by atoms with Crippen LogP contribution in [-0.2, 0) is 6.54 Å². The second-order valence-electron chi connectivity index (χ2n) is 9.09. The molecule has 0 aliphatic carbocycles. The van der Waals surface area contributed by atoms with Gasteiger partial charge in [0.1, 0.15) is 12.4 Å². The van der Waals surface area contributed by atoms with E-state index >= 15 is 4.39 Å². The molecular formula is C28H27FN2O6. The summed E-state index contributed by atoms with van der Waals surface area (Å²) < 4.78 is 25.9. The van der Waals surface area contributed by atoms with E-state index in [1.165, 1.54) is 17.0 Å². The molecule has 1 saturated heterocycles. The molecule has 1 fully saturated rings. The molecular weight excluding hydrogens is 479 g/mol. The first kappa shape index (κ1) is 24.7. The lowest BCUT2D eigenvalue weighted by atomic mass is 10.0. The van der Waals surface area contributed by atoms with Gasteiger partial charge in [0.25, 0.3) is 0 Å². The molecule has 37 heavy (non-hydrogen) atoms. The molecule has 0 atom stereocenters. The van der Waals surface area contributed by atoms with Crippen molar-refractivity contribution >= 4 is 17.5 Å². The minimum atomic E-state index is -0.711. The summed E-state index contributed by atoms with van der Waals surface area (Å²) in [5.41, 5.74) is 2.58. The number of aliphatic hydroxyl groups excluding tert-OH is 2. The summed E-state index contributed by atoms with van der Waals surface area (Å²) in [5.74, 6) is 0.0877. The number of hydrogen-bond acceptors (Lipinski definition) is 6. The number of aliphatic hydroxyl groups is 2. The fourth-order valence-electron chi connectivity index (χ4n) is 4.54. The van der Waals surface area contributed by atoms with Gasteiger partial charge < -0.3 is 24.6 Å². The number of halogens is 1. The van der Waals surface area contributed by atoms with Gasteiger partial charge in [0, 0.05) is 29.9 Å². The molecule has 9 heteroatoms. The molecule has 0 bridgehead atoms. The molecule has 0 saturated carbocycles. The number of benzene rings is 3. The maximum Gasteiger partial charge on any atom is 0.324 e. The first-order valence-corrected chi connectivity index (χ1v) is 12.1. The normalized spacial score (nSPS) is 15.1. The van der Waals surface area contributed by atoms with Crippen LogP contribution in [0.1, 0.15) is 28.8 Å². The van der Waals surface area contributed by atoms with E-state index in [4.69, 9.17) is 14.6 Å². The molecule has 0 spiro atoms. The van der Waals surface area contributed by atoms with Crippen molar-refractivity contribution in [3.8, 4) is 22.6 Å². The molecule has 2 heterocycles. The number of ketones is 1. The van der Waals surface area contributed by atoms with E-state index in [0.29, 0.717) is 43.1 Å². The first-order valence-electron chi connectivity index (χ1n) is 12.1. The van der Waals surface area contributed by atoms with Crippen LogP contribution in [0.2, 0.25) is 0 Å². The van der Waals surface area contributed by atoms with E-state index in [1.54, 1.807) is 11.0 Å². The predicted molar refractivity (Wildman–Crippen MR) is 134 cm³/mol. The van der Waals surface area contributed by atoms with E-state index in [2.05, 4.69) is 0 Å². The lowest BCUT2D eigenvalue weighted by molar-refractivity contribution is 0.0902. The van der Waals surface area contributed by atoms with Crippen LogP contribution in [-0.4, -0.2) is 59.5 Å². The van der Waals surface area contributed by atoms with Gasteiger partial charge >= 0.3 is 6.03 Å². The van der Waals surface area contributed by atoms with Gasteiger partial charge in [-0.2, -0.15) is 0 Å². The van der Waals surface area contributed by atoms with Crippen molar-refractivity contribution in [3.63, 3.8) is 0 Å². The van der Waals surface area contributed by atoms with Crippen molar-refractivity contribution < 1.29 is 33.7 Å². The van der Waals surface area contributed by atoms with E-state index in [9.17, 15) is 14.7 Å². The Morgan fingerprint density at radius 3 is 2.49 bits per heavy atom. The van der Waals surface area contributed by atoms with E-state index in [-0.39, 0.29) is 30.5 Å². The van der Waals surface area contributed by atoms with E-state index in [0.717, 1.165) is 17.2 Å². The maximum atomic E-state index is 15.0. The van der Waals surface area contributed by atoms with Crippen LogP contribution in [0.15, 0.2) is 60.7 Å².